The average Bonchev–Trinajstić information content (AvgIpc) is 3.09. The van der Waals surface area contributed by atoms with Crippen LogP contribution in [0.2, 0.25) is 0 Å². The summed E-state index contributed by atoms with van der Waals surface area (Å²) < 4.78 is 21.2. The highest BCUT2D eigenvalue weighted by Gasteiger charge is 2.35. The Labute approximate surface area is 164 Å². The molecule has 2 aromatic carbocycles. The fourth-order valence-electron chi connectivity index (χ4n) is 3.07. The van der Waals surface area contributed by atoms with Crippen molar-refractivity contribution in [2.45, 2.75) is 19.5 Å². The van der Waals surface area contributed by atoms with Crippen molar-refractivity contribution in [1.29, 1.82) is 0 Å². The van der Waals surface area contributed by atoms with Crippen LogP contribution in [-0.2, 0) is 16.1 Å². The Morgan fingerprint density at radius 3 is 2.32 bits per heavy atom. The highest BCUT2D eigenvalue weighted by Crippen LogP contribution is 2.38. The molecule has 1 unspecified atom stereocenters. The van der Waals surface area contributed by atoms with Crippen molar-refractivity contribution in [3.8, 4) is 17.2 Å². The second-order valence-electron chi connectivity index (χ2n) is 6.13. The van der Waals surface area contributed by atoms with Crippen molar-refractivity contribution in [3.05, 3.63) is 47.5 Å². The van der Waals surface area contributed by atoms with Crippen molar-refractivity contribution in [1.82, 2.24) is 0 Å². The predicted octanol–water partition coefficient (Wildman–Crippen LogP) is 3.06. The van der Waals surface area contributed by atoms with Crippen LogP contribution in [0.4, 0.5) is 5.69 Å². The van der Waals surface area contributed by atoms with Gasteiger partial charge < -0.3 is 24.3 Å². The number of hydrogen-bond acceptors (Lipinski definition) is 7. The van der Waals surface area contributed by atoms with Crippen LogP contribution in [0.1, 0.15) is 18.1 Å². The van der Waals surface area contributed by atoms with E-state index in [-0.39, 0.29) is 5.97 Å². The van der Waals surface area contributed by atoms with Gasteiger partial charge in [-0.1, -0.05) is 12.1 Å². The highest BCUT2D eigenvalue weighted by atomic mass is 16.5. The minimum atomic E-state index is -0.676. The zero-order valence-electron chi connectivity index (χ0n) is 16.4. The molecular weight excluding hydrogens is 360 g/mol. The summed E-state index contributed by atoms with van der Waals surface area (Å²) in [6.45, 7) is 2.50. The number of carbonyl (C=O) groups excluding carboxylic acids is 1. The second-order valence-corrected chi connectivity index (χ2v) is 6.13. The molecule has 1 N–H and O–H groups in total. The molecule has 2 aromatic rings. The molecule has 0 spiro atoms. The number of aliphatic imine (C=N–C) groups is 1. The van der Waals surface area contributed by atoms with Crippen molar-refractivity contribution in [2.24, 2.45) is 4.99 Å². The number of rotatable bonds is 7. The molecule has 28 heavy (non-hydrogen) atoms. The minimum absolute atomic E-state index is 0.297. The Hall–Kier alpha value is -3.22. The number of methoxy groups -OCH3 is 3. The van der Waals surface area contributed by atoms with Gasteiger partial charge in [0.25, 0.3) is 0 Å². The van der Waals surface area contributed by atoms with E-state index in [0.717, 1.165) is 22.6 Å². The first-order valence-corrected chi connectivity index (χ1v) is 8.98. The summed E-state index contributed by atoms with van der Waals surface area (Å²) in [4.78, 5) is 17.2. The molecule has 1 aliphatic rings. The third-order valence-electron chi connectivity index (χ3n) is 4.49. The first kappa shape index (κ1) is 19.5. The summed E-state index contributed by atoms with van der Waals surface area (Å²) in [5, 5.41) is 3.19. The standard InChI is InChI=1S/C21H24N2O5/c1-5-28-21(24)20-19(22-12-13-6-8-14(25-2)9-7-13)15-10-17(26-3)18(27-4)11-16(15)23-20/h6-11,20,23H,5,12H2,1-4H3. The highest BCUT2D eigenvalue weighted by molar-refractivity contribution is 6.23. The summed E-state index contributed by atoms with van der Waals surface area (Å²) >= 11 is 0. The number of benzene rings is 2. The molecule has 1 aliphatic heterocycles. The summed E-state index contributed by atoms with van der Waals surface area (Å²) in [5.41, 5.74) is 3.17. The predicted molar refractivity (Wildman–Crippen MR) is 107 cm³/mol. The molecular formula is C21H24N2O5. The van der Waals surface area contributed by atoms with Gasteiger partial charge in [0, 0.05) is 17.3 Å². The first-order valence-electron chi connectivity index (χ1n) is 8.98. The van der Waals surface area contributed by atoms with Gasteiger partial charge >= 0.3 is 5.97 Å². The van der Waals surface area contributed by atoms with Crippen LogP contribution >= 0.6 is 0 Å². The lowest BCUT2D eigenvalue weighted by Crippen LogP contribution is -2.34. The minimum Gasteiger partial charge on any atom is -0.497 e. The van der Waals surface area contributed by atoms with E-state index in [0.29, 0.717) is 30.4 Å². The number of carbonyl (C=O) groups is 1. The molecule has 7 nitrogen and oxygen atoms in total. The molecule has 0 bridgehead atoms. The molecule has 0 amide bonds. The van der Waals surface area contributed by atoms with Crippen LogP contribution < -0.4 is 19.5 Å². The van der Waals surface area contributed by atoms with Crippen molar-refractivity contribution < 1.29 is 23.7 Å². The van der Waals surface area contributed by atoms with Crippen LogP contribution in [0.3, 0.4) is 0 Å². The fraction of sp³-hybridized carbons (Fsp3) is 0.333. The quantitative estimate of drug-likeness (QED) is 0.739. The zero-order valence-corrected chi connectivity index (χ0v) is 16.4. The van der Waals surface area contributed by atoms with Crippen LogP contribution in [0.25, 0.3) is 0 Å². The van der Waals surface area contributed by atoms with Crippen LogP contribution in [0, 0.1) is 0 Å². The van der Waals surface area contributed by atoms with Gasteiger partial charge in [0.2, 0.25) is 0 Å². The molecule has 0 fully saturated rings. The average molecular weight is 384 g/mol. The number of hydrogen-bond donors (Lipinski definition) is 1. The summed E-state index contributed by atoms with van der Waals surface area (Å²) in [5.74, 6) is 1.56. The number of fused-ring (bicyclic) bond motifs is 1. The van der Waals surface area contributed by atoms with Crippen molar-refractivity contribution >= 4 is 17.4 Å². The lowest BCUT2D eigenvalue weighted by molar-refractivity contribution is -0.142. The van der Waals surface area contributed by atoms with Gasteiger partial charge in [0.15, 0.2) is 17.5 Å². The molecule has 0 radical (unpaired) electrons. The zero-order chi connectivity index (χ0) is 20.1. The first-order chi connectivity index (χ1) is 13.6. The number of nitrogens with zero attached hydrogens (tertiary/aromatic N) is 1. The van der Waals surface area contributed by atoms with E-state index in [4.69, 9.17) is 23.9 Å². The molecule has 7 heteroatoms. The van der Waals surface area contributed by atoms with Crippen LogP contribution in [0.5, 0.6) is 17.2 Å². The van der Waals surface area contributed by atoms with Gasteiger partial charge in [0.05, 0.1) is 40.2 Å². The molecule has 0 saturated heterocycles. The number of esters is 1. The molecule has 3 rings (SSSR count). The van der Waals surface area contributed by atoms with Gasteiger partial charge in [-0.3, -0.25) is 4.99 Å². The normalized spacial score (nSPS) is 16.3. The number of nitrogens with one attached hydrogen (secondary N) is 1. The van der Waals surface area contributed by atoms with E-state index in [1.54, 1.807) is 34.3 Å². The maximum absolute atomic E-state index is 12.5. The molecule has 0 aliphatic carbocycles. The van der Waals surface area contributed by atoms with Gasteiger partial charge in [0.1, 0.15) is 5.75 Å². The van der Waals surface area contributed by atoms with E-state index >= 15 is 0 Å². The van der Waals surface area contributed by atoms with E-state index in [1.807, 2.05) is 30.3 Å². The molecule has 1 atom stereocenters. The lowest BCUT2D eigenvalue weighted by Gasteiger charge is -2.11. The van der Waals surface area contributed by atoms with Gasteiger partial charge in [-0.25, -0.2) is 4.79 Å². The number of anilines is 1. The van der Waals surface area contributed by atoms with Crippen molar-refractivity contribution in [2.75, 3.05) is 33.3 Å². The van der Waals surface area contributed by atoms with Gasteiger partial charge in [-0.05, 0) is 30.7 Å². The second kappa shape index (κ2) is 8.65. The number of ether oxygens (including phenoxy) is 4. The Morgan fingerprint density at radius 2 is 1.71 bits per heavy atom. The van der Waals surface area contributed by atoms with E-state index in [2.05, 4.69) is 5.32 Å². The third-order valence-corrected chi connectivity index (χ3v) is 4.49. The maximum Gasteiger partial charge on any atom is 0.334 e. The fourth-order valence-corrected chi connectivity index (χ4v) is 3.07. The Bertz CT molecular complexity index is 877. The van der Waals surface area contributed by atoms with E-state index in [9.17, 15) is 4.79 Å². The summed E-state index contributed by atoms with van der Waals surface area (Å²) in [6, 6.07) is 10.6. The van der Waals surface area contributed by atoms with Crippen molar-refractivity contribution in [3.63, 3.8) is 0 Å². The Kier molecular flexibility index (Phi) is 6.03. The smallest absolute Gasteiger partial charge is 0.334 e. The molecule has 0 aromatic heterocycles. The van der Waals surface area contributed by atoms with E-state index in [1.165, 1.54) is 0 Å². The Balaban J connectivity index is 1.97. The Morgan fingerprint density at radius 1 is 1.04 bits per heavy atom. The largest absolute Gasteiger partial charge is 0.497 e. The van der Waals surface area contributed by atoms with E-state index < -0.39 is 6.04 Å². The molecule has 1 heterocycles. The summed E-state index contributed by atoms with van der Waals surface area (Å²) in [6.07, 6.45) is 0. The lowest BCUT2D eigenvalue weighted by atomic mass is 10.1. The molecule has 148 valence electrons. The topological polar surface area (TPSA) is 78.4 Å². The van der Waals surface area contributed by atoms with Crippen LogP contribution in [0.15, 0.2) is 41.4 Å². The van der Waals surface area contributed by atoms with Crippen LogP contribution in [-0.4, -0.2) is 45.7 Å². The summed E-state index contributed by atoms with van der Waals surface area (Å²) in [7, 11) is 4.77. The maximum atomic E-state index is 12.5. The van der Waals surface area contributed by atoms with Gasteiger partial charge in [-0.2, -0.15) is 0 Å². The monoisotopic (exact) mass is 384 g/mol. The third kappa shape index (κ3) is 3.88. The van der Waals surface area contributed by atoms with Gasteiger partial charge in [-0.15, -0.1) is 0 Å². The SMILES string of the molecule is CCOC(=O)C1Nc2cc(OC)c(OC)cc2C1=NCc1ccc(OC)cc1. The molecule has 0 saturated carbocycles.